The van der Waals surface area contributed by atoms with E-state index in [1.165, 1.54) is 18.2 Å². The van der Waals surface area contributed by atoms with Crippen LogP contribution in [-0.2, 0) is 14.8 Å². The highest BCUT2D eigenvalue weighted by Crippen LogP contribution is 2.27. The largest absolute Gasteiger partial charge is 0.338 e. The number of hydrogen-bond acceptors (Lipinski definition) is 5. The molecule has 1 fully saturated rings. The molecule has 7 nitrogen and oxygen atoms in total. The zero-order valence-electron chi connectivity index (χ0n) is 12.7. The Bertz CT molecular complexity index is 630. The minimum atomic E-state index is -3.67. The number of nitrogens with zero attached hydrogens (tertiary/aromatic N) is 2. The zero-order chi connectivity index (χ0) is 15.8. The van der Waals surface area contributed by atoms with Crippen LogP contribution in [0.5, 0.6) is 0 Å². The molecule has 1 amide bonds. The van der Waals surface area contributed by atoms with Crippen LogP contribution in [0.1, 0.15) is 45.7 Å². The number of sulfonamides is 1. The second-order valence-electron chi connectivity index (χ2n) is 5.99. The molecule has 1 aliphatic heterocycles. The lowest BCUT2D eigenvalue weighted by molar-refractivity contribution is -0.118. The maximum Gasteiger partial charge on any atom is 0.249 e. The predicted octanol–water partition coefficient (Wildman–Crippen LogP) is 1.55. The van der Waals surface area contributed by atoms with Crippen LogP contribution in [0, 0.1) is 0 Å². The molecular formula is C13H21N3O4S. The minimum absolute atomic E-state index is 0.163. The summed E-state index contributed by atoms with van der Waals surface area (Å²) in [6.45, 7) is 7.63. The van der Waals surface area contributed by atoms with E-state index in [0.29, 0.717) is 18.8 Å². The Morgan fingerprint density at radius 3 is 2.48 bits per heavy atom. The SMILES string of the molecule is CC(C)c1cc(NC(=O)C(C)(C)S(=O)(=O)N2CCC2)on1. The Balaban J connectivity index is 2.14. The first-order valence-electron chi connectivity index (χ1n) is 6.94. The summed E-state index contributed by atoms with van der Waals surface area (Å²) in [4.78, 5) is 12.3. The van der Waals surface area contributed by atoms with Crippen molar-refractivity contribution < 1.29 is 17.7 Å². The van der Waals surface area contributed by atoms with Crippen molar-refractivity contribution in [3.05, 3.63) is 11.8 Å². The van der Waals surface area contributed by atoms with Crippen molar-refractivity contribution in [1.82, 2.24) is 9.46 Å². The van der Waals surface area contributed by atoms with Crippen molar-refractivity contribution in [2.24, 2.45) is 0 Å². The van der Waals surface area contributed by atoms with Crippen molar-refractivity contribution in [1.29, 1.82) is 0 Å². The second kappa shape index (κ2) is 5.42. The molecule has 0 aromatic carbocycles. The van der Waals surface area contributed by atoms with Gasteiger partial charge in [0.1, 0.15) is 0 Å². The summed E-state index contributed by atoms with van der Waals surface area (Å²) in [6.07, 6.45) is 0.830. The van der Waals surface area contributed by atoms with Crippen molar-refractivity contribution in [2.75, 3.05) is 18.4 Å². The third-order valence-electron chi connectivity index (χ3n) is 3.70. The van der Waals surface area contributed by atoms with Crippen LogP contribution in [0.25, 0.3) is 0 Å². The number of amides is 1. The molecule has 21 heavy (non-hydrogen) atoms. The molecule has 2 heterocycles. The molecule has 1 aromatic rings. The van der Waals surface area contributed by atoms with Gasteiger partial charge < -0.3 is 4.52 Å². The van der Waals surface area contributed by atoms with Gasteiger partial charge in [0.05, 0.1) is 5.69 Å². The van der Waals surface area contributed by atoms with Gasteiger partial charge in [0.25, 0.3) is 0 Å². The predicted molar refractivity (Wildman–Crippen MR) is 78.4 cm³/mol. The molecule has 118 valence electrons. The summed E-state index contributed by atoms with van der Waals surface area (Å²) in [5.74, 6) is -0.298. The van der Waals surface area contributed by atoms with Crippen molar-refractivity contribution >= 4 is 21.8 Å². The fourth-order valence-corrected chi connectivity index (χ4v) is 3.52. The molecule has 0 bridgehead atoms. The normalized spacial score (nSPS) is 16.8. The molecule has 0 atom stereocenters. The van der Waals surface area contributed by atoms with Crippen LogP contribution in [0.2, 0.25) is 0 Å². The van der Waals surface area contributed by atoms with Gasteiger partial charge in [-0.1, -0.05) is 19.0 Å². The summed E-state index contributed by atoms with van der Waals surface area (Å²) in [6, 6.07) is 1.61. The van der Waals surface area contributed by atoms with Gasteiger partial charge in [-0.05, 0) is 26.2 Å². The summed E-state index contributed by atoms with van der Waals surface area (Å²) in [7, 11) is -3.67. The topological polar surface area (TPSA) is 92.5 Å². The molecule has 1 saturated heterocycles. The van der Waals surface area contributed by atoms with Crippen molar-refractivity contribution in [3.63, 3.8) is 0 Å². The maximum absolute atomic E-state index is 12.4. The average Bonchev–Trinajstić information content (AvgIpc) is 2.74. The molecule has 0 radical (unpaired) electrons. The van der Waals surface area contributed by atoms with Gasteiger partial charge in [-0.15, -0.1) is 0 Å². The number of carbonyl (C=O) groups is 1. The van der Waals surface area contributed by atoms with Gasteiger partial charge in [-0.2, -0.15) is 0 Å². The van der Waals surface area contributed by atoms with Crippen LogP contribution in [0.3, 0.4) is 0 Å². The van der Waals surface area contributed by atoms with Crippen LogP contribution in [-0.4, -0.2) is 41.6 Å². The Kier molecular flexibility index (Phi) is 4.12. The van der Waals surface area contributed by atoms with E-state index >= 15 is 0 Å². The summed E-state index contributed by atoms with van der Waals surface area (Å²) >= 11 is 0. The lowest BCUT2D eigenvalue weighted by Gasteiger charge is -2.36. The molecule has 1 N–H and O–H groups in total. The van der Waals surface area contributed by atoms with Crippen molar-refractivity contribution in [3.8, 4) is 0 Å². The highest BCUT2D eigenvalue weighted by molar-refractivity contribution is 7.91. The fourth-order valence-electron chi connectivity index (χ4n) is 1.85. The number of carbonyl (C=O) groups excluding carboxylic acids is 1. The highest BCUT2D eigenvalue weighted by atomic mass is 32.2. The smallest absolute Gasteiger partial charge is 0.249 e. The first kappa shape index (κ1) is 16.0. The number of nitrogens with one attached hydrogen (secondary N) is 1. The monoisotopic (exact) mass is 315 g/mol. The van der Waals surface area contributed by atoms with Gasteiger partial charge >= 0.3 is 0 Å². The first-order valence-corrected chi connectivity index (χ1v) is 8.38. The summed E-state index contributed by atoms with van der Waals surface area (Å²) < 4.78 is 29.6. The van der Waals surface area contributed by atoms with Gasteiger partial charge in [0.15, 0.2) is 4.75 Å². The third-order valence-corrected chi connectivity index (χ3v) is 6.22. The molecule has 8 heteroatoms. The van der Waals surface area contributed by atoms with E-state index in [1.54, 1.807) is 6.07 Å². The Morgan fingerprint density at radius 2 is 2.05 bits per heavy atom. The van der Waals surface area contributed by atoms with E-state index in [9.17, 15) is 13.2 Å². The zero-order valence-corrected chi connectivity index (χ0v) is 13.5. The Labute approximate surface area is 124 Å². The van der Waals surface area contributed by atoms with E-state index in [2.05, 4.69) is 10.5 Å². The number of hydrogen-bond donors (Lipinski definition) is 1. The van der Waals surface area contributed by atoms with Crippen LogP contribution in [0.15, 0.2) is 10.6 Å². The Hall–Kier alpha value is -1.41. The van der Waals surface area contributed by atoms with Crippen molar-refractivity contribution in [2.45, 2.75) is 44.8 Å². The Morgan fingerprint density at radius 1 is 1.43 bits per heavy atom. The van der Waals surface area contributed by atoms with Crippen LogP contribution >= 0.6 is 0 Å². The van der Waals surface area contributed by atoms with E-state index < -0.39 is 20.7 Å². The lowest BCUT2D eigenvalue weighted by Crippen LogP contribution is -2.55. The van der Waals surface area contributed by atoms with E-state index in [1.807, 2.05) is 13.8 Å². The fraction of sp³-hybridized carbons (Fsp3) is 0.692. The summed E-state index contributed by atoms with van der Waals surface area (Å²) in [5, 5.41) is 6.32. The molecule has 0 aliphatic carbocycles. The van der Waals surface area contributed by atoms with E-state index in [4.69, 9.17) is 4.52 Å². The molecule has 0 spiro atoms. The number of anilines is 1. The maximum atomic E-state index is 12.4. The van der Waals surface area contributed by atoms with Gasteiger partial charge in [-0.25, -0.2) is 12.7 Å². The standard InChI is InChI=1S/C13H21N3O4S/c1-9(2)10-8-11(20-15-10)14-12(17)13(3,4)21(18,19)16-6-5-7-16/h8-9H,5-7H2,1-4H3,(H,14,17). The molecular weight excluding hydrogens is 294 g/mol. The van der Waals surface area contributed by atoms with Gasteiger partial charge in [0.2, 0.25) is 21.8 Å². The van der Waals surface area contributed by atoms with E-state index in [-0.39, 0.29) is 11.8 Å². The van der Waals surface area contributed by atoms with Gasteiger partial charge in [-0.3, -0.25) is 10.1 Å². The third kappa shape index (κ3) is 2.82. The van der Waals surface area contributed by atoms with E-state index in [0.717, 1.165) is 6.42 Å². The second-order valence-corrected chi connectivity index (χ2v) is 8.48. The summed E-state index contributed by atoms with van der Waals surface area (Å²) in [5.41, 5.74) is 0.703. The number of aromatic nitrogens is 1. The molecule has 0 unspecified atom stereocenters. The number of rotatable bonds is 5. The average molecular weight is 315 g/mol. The van der Waals surface area contributed by atoms with Crippen LogP contribution < -0.4 is 5.32 Å². The molecule has 1 aromatic heterocycles. The van der Waals surface area contributed by atoms with Gasteiger partial charge in [0, 0.05) is 19.2 Å². The minimum Gasteiger partial charge on any atom is -0.338 e. The molecule has 1 aliphatic rings. The highest BCUT2D eigenvalue weighted by Gasteiger charge is 2.47. The lowest BCUT2D eigenvalue weighted by atomic mass is 10.1. The first-order chi connectivity index (χ1) is 9.66. The van der Waals surface area contributed by atoms with Crippen LogP contribution in [0.4, 0.5) is 5.88 Å². The molecule has 2 rings (SSSR count). The molecule has 0 saturated carbocycles. The quantitative estimate of drug-likeness (QED) is 0.890.